The van der Waals surface area contributed by atoms with Crippen molar-refractivity contribution in [1.82, 2.24) is 14.1 Å². The molecule has 0 spiro atoms. The zero-order chi connectivity index (χ0) is 21.2. The molecule has 2 aliphatic heterocycles. The lowest BCUT2D eigenvalue weighted by Crippen LogP contribution is -2.49. The van der Waals surface area contributed by atoms with Crippen molar-refractivity contribution in [2.75, 3.05) is 45.8 Å². The molecule has 0 unspecified atom stereocenters. The summed E-state index contributed by atoms with van der Waals surface area (Å²) in [6, 6.07) is 6.30. The van der Waals surface area contributed by atoms with Gasteiger partial charge in [0, 0.05) is 50.8 Å². The molecule has 1 amide bonds. The number of carbonyl (C=O) groups is 1. The van der Waals surface area contributed by atoms with E-state index in [-0.39, 0.29) is 11.0 Å². The quantitative estimate of drug-likeness (QED) is 0.715. The normalized spacial score (nSPS) is 22.1. The van der Waals surface area contributed by atoms with Crippen molar-refractivity contribution in [3.63, 3.8) is 0 Å². The standard InChI is InChI=1S/C20H30ClN3O4S/c1-20(2,3)28-19(25)23-9-8-16(15-23)14-22-10-12-24(13-11-22)29(26,27)18-6-4-17(21)5-7-18/h4-7,16H,8-15H2,1-3H3/t16-/m1/s1. The number of hydrogen-bond donors (Lipinski definition) is 0. The second-order valence-corrected chi connectivity index (χ2v) is 11.1. The van der Waals surface area contributed by atoms with Crippen LogP contribution in [0.1, 0.15) is 27.2 Å². The molecule has 1 aromatic rings. The van der Waals surface area contributed by atoms with E-state index in [4.69, 9.17) is 16.3 Å². The Balaban J connectivity index is 1.48. The van der Waals surface area contributed by atoms with Crippen LogP contribution in [0.4, 0.5) is 4.79 Å². The van der Waals surface area contributed by atoms with Gasteiger partial charge >= 0.3 is 6.09 Å². The number of ether oxygens (including phenoxy) is 1. The van der Waals surface area contributed by atoms with Crippen LogP contribution in [-0.4, -0.2) is 80.0 Å². The molecular formula is C20H30ClN3O4S. The molecular weight excluding hydrogens is 414 g/mol. The number of nitrogens with zero attached hydrogens (tertiary/aromatic N) is 3. The van der Waals surface area contributed by atoms with Crippen LogP contribution in [0.15, 0.2) is 29.2 Å². The number of carbonyl (C=O) groups excluding carboxylic acids is 1. The number of likely N-dealkylation sites (tertiary alicyclic amines) is 1. The van der Waals surface area contributed by atoms with Crippen molar-refractivity contribution in [2.45, 2.75) is 37.7 Å². The lowest BCUT2D eigenvalue weighted by Gasteiger charge is -2.35. The average molecular weight is 444 g/mol. The maximum absolute atomic E-state index is 12.8. The highest BCUT2D eigenvalue weighted by atomic mass is 35.5. The highest BCUT2D eigenvalue weighted by Crippen LogP contribution is 2.23. The Labute approximate surface area is 178 Å². The fourth-order valence-corrected chi connectivity index (χ4v) is 5.30. The SMILES string of the molecule is CC(C)(C)OC(=O)N1CC[C@H](CN2CCN(S(=O)(=O)c3ccc(Cl)cc3)CC2)C1. The molecule has 7 nitrogen and oxygen atoms in total. The summed E-state index contributed by atoms with van der Waals surface area (Å²) in [5, 5.41) is 0.519. The molecule has 3 rings (SSSR count). The minimum absolute atomic E-state index is 0.251. The lowest BCUT2D eigenvalue weighted by atomic mass is 10.1. The third kappa shape index (κ3) is 5.84. The summed E-state index contributed by atoms with van der Waals surface area (Å²) in [6.45, 7) is 10.2. The fraction of sp³-hybridized carbons (Fsp3) is 0.650. The number of amides is 1. The number of halogens is 1. The third-order valence-corrected chi connectivity index (χ3v) is 7.40. The topological polar surface area (TPSA) is 70.2 Å². The maximum atomic E-state index is 12.8. The van der Waals surface area contributed by atoms with Gasteiger partial charge < -0.3 is 14.5 Å². The van der Waals surface area contributed by atoms with Crippen LogP contribution >= 0.6 is 11.6 Å². The Morgan fingerprint density at radius 2 is 1.72 bits per heavy atom. The summed E-state index contributed by atoms with van der Waals surface area (Å²) in [6.07, 6.45) is 0.696. The molecule has 2 fully saturated rings. The Kier molecular flexibility index (Phi) is 6.77. The van der Waals surface area contributed by atoms with Gasteiger partial charge in [-0.05, 0) is 57.4 Å². The Bertz CT molecular complexity index is 815. The molecule has 0 saturated carbocycles. The first kappa shape index (κ1) is 22.3. The largest absolute Gasteiger partial charge is 0.444 e. The molecule has 1 aromatic carbocycles. The molecule has 29 heavy (non-hydrogen) atoms. The monoisotopic (exact) mass is 443 g/mol. The zero-order valence-electron chi connectivity index (χ0n) is 17.3. The maximum Gasteiger partial charge on any atom is 0.410 e. The van der Waals surface area contributed by atoms with Crippen molar-refractivity contribution in [3.05, 3.63) is 29.3 Å². The van der Waals surface area contributed by atoms with E-state index < -0.39 is 15.6 Å². The van der Waals surface area contributed by atoms with Crippen molar-refractivity contribution in [3.8, 4) is 0 Å². The lowest BCUT2D eigenvalue weighted by molar-refractivity contribution is 0.0284. The Hall–Kier alpha value is -1.35. The van der Waals surface area contributed by atoms with Crippen LogP contribution in [0, 0.1) is 5.92 Å². The van der Waals surface area contributed by atoms with Gasteiger partial charge in [0.1, 0.15) is 5.60 Å². The first-order chi connectivity index (χ1) is 13.5. The first-order valence-electron chi connectivity index (χ1n) is 10.0. The molecule has 2 aliphatic rings. The summed E-state index contributed by atoms with van der Waals surface area (Å²) in [7, 11) is -3.49. The van der Waals surface area contributed by atoms with Gasteiger partial charge in [0.2, 0.25) is 10.0 Å². The minimum atomic E-state index is -3.49. The Morgan fingerprint density at radius 3 is 2.31 bits per heavy atom. The van der Waals surface area contributed by atoms with Gasteiger partial charge in [-0.25, -0.2) is 13.2 Å². The van der Waals surface area contributed by atoms with Crippen molar-refractivity contribution in [1.29, 1.82) is 0 Å². The number of rotatable bonds is 4. The number of sulfonamides is 1. The highest BCUT2D eigenvalue weighted by Gasteiger charge is 2.33. The second-order valence-electron chi connectivity index (χ2n) is 8.74. The summed E-state index contributed by atoms with van der Waals surface area (Å²) >= 11 is 5.86. The van der Waals surface area contributed by atoms with Gasteiger partial charge in [-0.3, -0.25) is 0 Å². The van der Waals surface area contributed by atoms with Gasteiger partial charge in [-0.2, -0.15) is 4.31 Å². The Morgan fingerprint density at radius 1 is 1.10 bits per heavy atom. The minimum Gasteiger partial charge on any atom is -0.444 e. The van der Waals surface area contributed by atoms with Gasteiger partial charge in [0.25, 0.3) is 0 Å². The molecule has 1 atom stereocenters. The number of benzene rings is 1. The molecule has 9 heteroatoms. The molecule has 0 bridgehead atoms. The fourth-order valence-electron chi connectivity index (χ4n) is 3.75. The number of hydrogen-bond acceptors (Lipinski definition) is 5. The molecule has 2 saturated heterocycles. The summed E-state index contributed by atoms with van der Waals surface area (Å²) in [5.41, 5.74) is -0.485. The zero-order valence-corrected chi connectivity index (χ0v) is 18.9. The van der Waals surface area contributed by atoms with E-state index in [0.29, 0.717) is 50.2 Å². The first-order valence-corrected chi connectivity index (χ1v) is 11.8. The van der Waals surface area contributed by atoms with Crippen LogP contribution in [0.3, 0.4) is 0 Å². The molecule has 0 N–H and O–H groups in total. The van der Waals surface area contributed by atoms with Crippen molar-refractivity contribution < 1.29 is 17.9 Å². The van der Waals surface area contributed by atoms with E-state index in [1.165, 1.54) is 4.31 Å². The molecule has 0 aromatic heterocycles. The van der Waals surface area contributed by atoms with Crippen LogP contribution < -0.4 is 0 Å². The van der Waals surface area contributed by atoms with E-state index in [9.17, 15) is 13.2 Å². The molecule has 162 valence electrons. The molecule has 2 heterocycles. The van der Waals surface area contributed by atoms with E-state index in [1.807, 2.05) is 20.8 Å². The molecule has 0 radical (unpaired) electrons. The van der Waals surface area contributed by atoms with E-state index in [1.54, 1.807) is 29.2 Å². The number of piperazine rings is 1. The van der Waals surface area contributed by atoms with E-state index >= 15 is 0 Å². The van der Waals surface area contributed by atoms with Gasteiger partial charge in [0.15, 0.2) is 0 Å². The van der Waals surface area contributed by atoms with E-state index in [0.717, 1.165) is 13.0 Å². The van der Waals surface area contributed by atoms with Crippen molar-refractivity contribution >= 4 is 27.7 Å². The smallest absolute Gasteiger partial charge is 0.410 e. The summed E-state index contributed by atoms with van der Waals surface area (Å²) < 4.78 is 32.6. The predicted octanol–water partition coefficient (Wildman–Crippen LogP) is 2.90. The van der Waals surface area contributed by atoms with Crippen LogP contribution in [0.25, 0.3) is 0 Å². The van der Waals surface area contributed by atoms with Crippen LogP contribution in [-0.2, 0) is 14.8 Å². The van der Waals surface area contributed by atoms with Crippen molar-refractivity contribution in [2.24, 2.45) is 5.92 Å². The second kappa shape index (κ2) is 8.79. The van der Waals surface area contributed by atoms with Crippen LogP contribution in [0.5, 0.6) is 0 Å². The van der Waals surface area contributed by atoms with Crippen LogP contribution in [0.2, 0.25) is 5.02 Å². The van der Waals surface area contributed by atoms with Gasteiger partial charge in [0.05, 0.1) is 4.90 Å². The average Bonchev–Trinajstić information content (AvgIpc) is 3.10. The predicted molar refractivity (Wildman–Crippen MR) is 113 cm³/mol. The van der Waals surface area contributed by atoms with E-state index in [2.05, 4.69) is 4.90 Å². The van der Waals surface area contributed by atoms with Gasteiger partial charge in [-0.15, -0.1) is 0 Å². The summed E-state index contributed by atoms with van der Waals surface area (Å²) in [4.78, 5) is 16.6. The summed E-state index contributed by atoms with van der Waals surface area (Å²) in [5.74, 6) is 0.391. The van der Waals surface area contributed by atoms with Gasteiger partial charge in [-0.1, -0.05) is 11.6 Å². The third-order valence-electron chi connectivity index (χ3n) is 5.24. The molecule has 0 aliphatic carbocycles. The highest BCUT2D eigenvalue weighted by molar-refractivity contribution is 7.89.